The number of nitrogens with zero attached hydrogens (tertiary/aromatic N) is 1. The van der Waals surface area contributed by atoms with Crippen LogP contribution in [-0.4, -0.2) is 37.0 Å². The molecule has 6 nitrogen and oxygen atoms in total. The Balaban J connectivity index is 1.34. The van der Waals surface area contributed by atoms with E-state index in [1.807, 2.05) is 24.4 Å². The lowest BCUT2D eigenvalue weighted by Gasteiger charge is -2.16. The molecule has 3 aromatic rings. The molecule has 0 saturated carbocycles. The first kappa shape index (κ1) is 19.3. The van der Waals surface area contributed by atoms with Crippen LogP contribution >= 0.6 is 11.6 Å². The third-order valence-corrected chi connectivity index (χ3v) is 5.55. The Morgan fingerprint density at radius 2 is 2.07 bits per heavy atom. The summed E-state index contributed by atoms with van der Waals surface area (Å²) in [6.45, 7) is 0.894. The van der Waals surface area contributed by atoms with Crippen LogP contribution < -0.4 is 15.0 Å². The molecule has 2 N–H and O–H groups in total. The average molecular weight is 412 g/mol. The van der Waals surface area contributed by atoms with Crippen molar-refractivity contribution in [1.29, 1.82) is 0 Å². The predicted molar refractivity (Wildman–Crippen MR) is 113 cm³/mol. The summed E-state index contributed by atoms with van der Waals surface area (Å²) in [7, 11) is 1.64. The molecule has 0 radical (unpaired) electrons. The Bertz CT molecular complexity index is 1050. The summed E-state index contributed by atoms with van der Waals surface area (Å²) in [4.78, 5) is 29.8. The summed E-state index contributed by atoms with van der Waals surface area (Å²) < 4.78 is 5.29. The largest absolute Gasteiger partial charge is 0.497 e. The third-order valence-electron chi connectivity index (χ3n) is 5.30. The zero-order chi connectivity index (χ0) is 20.4. The number of carbonyl (C=O) groups is 2. The Morgan fingerprint density at radius 1 is 1.28 bits per heavy atom. The SMILES string of the molecule is COc1ccc2[nH]cc(CCNC(=O)[C@@H]3CC(=O)N(c4ccc(Cl)cc4)C3)c2c1. The van der Waals surface area contributed by atoms with E-state index in [2.05, 4.69) is 10.3 Å². The van der Waals surface area contributed by atoms with Crippen LogP contribution in [0, 0.1) is 5.92 Å². The van der Waals surface area contributed by atoms with Gasteiger partial charge in [-0.3, -0.25) is 9.59 Å². The van der Waals surface area contributed by atoms with Crippen molar-refractivity contribution in [3.8, 4) is 5.75 Å². The zero-order valence-electron chi connectivity index (χ0n) is 16.1. The highest BCUT2D eigenvalue weighted by atomic mass is 35.5. The summed E-state index contributed by atoms with van der Waals surface area (Å²) >= 11 is 5.91. The van der Waals surface area contributed by atoms with Crippen LogP contribution in [0.2, 0.25) is 5.02 Å². The van der Waals surface area contributed by atoms with E-state index in [1.165, 1.54) is 0 Å². The standard InChI is InChI=1S/C22H22ClN3O3/c1-29-18-6-7-20-19(11-18)14(12-25-20)8-9-24-22(28)15-10-21(27)26(13-15)17-4-2-16(23)3-5-17/h2-7,11-12,15,25H,8-10,13H2,1H3,(H,24,28)/t15-/m1/s1. The van der Waals surface area contributed by atoms with Crippen molar-refractivity contribution in [3.63, 3.8) is 0 Å². The summed E-state index contributed by atoms with van der Waals surface area (Å²) in [5.74, 6) is 0.318. The molecule has 1 atom stereocenters. The van der Waals surface area contributed by atoms with E-state index in [9.17, 15) is 9.59 Å². The molecular weight excluding hydrogens is 390 g/mol. The first-order valence-corrected chi connectivity index (χ1v) is 9.90. The van der Waals surface area contributed by atoms with Gasteiger partial charge in [-0.15, -0.1) is 0 Å². The lowest BCUT2D eigenvalue weighted by atomic mass is 10.1. The molecule has 4 rings (SSSR count). The number of nitrogens with one attached hydrogen (secondary N) is 2. The molecule has 150 valence electrons. The highest BCUT2D eigenvalue weighted by Gasteiger charge is 2.34. The number of anilines is 1. The molecule has 1 fully saturated rings. The number of halogens is 1. The number of carbonyl (C=O) groups excluding carboxylic acids is 2. The Labute approximate surface area is 173 Å². The first-order valence-electron chi connectivity index (χ1n) is 9.53. The van der Waals surface area contributed by atoms with Gasteiger partial charge in [0.15, 0.2) is 0 Å². The van der Waals surface area contributed by atoms with Crippen LogP contribution in [0.15, 0.2) is 48.7 Å². The molecule has 1 aromatic heterocycles. The molecule has 2 heterocycles. The zero-order valence-corrected chi connectivity index (χ0v) is 16.8. The minimum Gasteiger partial charge on any atom is -0.497 e. The molecule has 2 aromatic carbocycles. The number of benzene rings is 2. The molecule has 0 spiro atoms. The quantitative estimate of drug-likeness (QED) is 0.651. The maximum atomic E-state index is 12.6. The van der Waals surface area contributed by atoms with E-state index in [-0.39, 0.29) is 24.2 Å². The number of fused-ring (bicyclic) bond motifs is 1. The van der Waals surface area contributed by atoms with Gasteiger partial charge in [-0.1, -0.05) is 11.6 Å². The highest BCUT2D eigenvalue weighted by Crippen LogP contribution is 2.27. The monoisotopic (exact) mass is 411 g/mol. The van der Waals surface area contributed by atoms with E-state index in [4.69, 9.17) is 16.3 Å². The van der Waals surface area contributed by atoms with Crippen molar-refractivity contribution < 1.29 is 14.3 Å². The van der Waals surface area contributed by atoms with Crippen LogP contribution in [0.25, 0.3) is 10.9 Å². The second-order valence-corrected chi connectivity index (χ2v) is 7.58. The van der Waals surface area contributed by atoms with Gasteiger partial charge in [-0.25, -0.2) is 0 Å². The van der Waals surface area contributed by atoms with Crippen LogP contribution in [0.5, 0.6) is 5.75 Å². The van der Waals surface area contributed by atoms with Crippen molar-refractivity contribution in [2.24, 2.45) is 5.92 Å². The van der Waals surface area contributed by atoms with E-state index in [0.717, 1.165) is 27.9 Å². The van der Waals surface area contributed by atoms with Crippen molar-refractivity contribution in [2.75, 3.05) is 25.1 Å². The summed E-state index contributed by atoms with van der Waals surface area (Å²) in [5.41, 5.74) is 2.92. The average Bonchev–Trinajstić information content (AvgIpc) is 3.32. The molecule has 29 heavy (non-hydrogen) atoms. The molecule has 0 bridgehead atoms. The van der Waals surface area contributed by atoms with Gasteiger partial charge >= 0.3 is 0 Å². The second kappa shape index (κ2) is 8.17. The molecule has 7 heteroatoms. The van der Waals surface area contributed by atoms with Crippen LogP contribution in [0.4, 0.5) is 5.69 Å². The normalized spacial score (nSPS) is 16.4. The lowest BCUT2D eigenvalue weighted by molar-refractivity contribution is -0.126. The number of H-pyrrole nitrogens is 1. The number of hydrogen-bond acceptors (Lipinski definition) is 3. The topological polar surface area (TPSA) is 74.4 Å². The van der Waals surface area contributed by atoms with Gasteiger partial charge in [-0.05, 0) is 54.4 Å². The fourth-order valence-electron chi connectivity index (χ4n) is 3.71. The maximum Gasteiger partial charge on any atom is 0.227 e. The third kappa shape index (κ3) is 4.07. The lowest BCUT2D eigenvalue weighted by Crippen LogP contribution is -2.34. The van der Waals surface area contributed by atoms with Crippen LogP contribution in [0.3, 0.4) is 0 Å². The number of aromatic nitrogens is 1. The molecule has 2 amide bonds. The molecule has 1 aliphatic rings. The van der Waals surface area contributed by atoms with Crippen LogP contribution in [0.1, 0.15) is 12.0 Å². The Hall–Kier alpha value is -2.99. The van der Waals surface area contributed by atoms with E-state index in [1.54, 1.807) is 36.3 Å². The van der Waals surface area contributed by atoms with E-state index < -0.39 is 0 Å². The van der Waals surface area contributed by atoms with Gasteiger partial charge in [-0.2, -0.15) is 0 Å². The Kier molecular flexibility index (Phi) is 5.45. The van der Waals surface area contributed by atoms with Crippen molar-refractivity contribution >= 4 is 40.0 Å². The van der Waals surface area contributed by atoms with Gasteiger partial charge in [0, 0.05) is 47.3 Å². The number of aromatic amines is 1. The van der Waals surface area contributed by atoms with Gasteiger partial charge in [0.05, 0.1) is 13.0 Å². The van der Waals surface area contributed by atoms with Gasteiger partial charge in [0.25, 0.3) is 0 Å². The van der Waals surface area contributed by atoms with Gasteiger partial charge < -0.3 is 19.9 Å². The first-order chi connectivity index (χ1) is 14.0. The maximum absolute atomic E-state index is 12.6. The van der Waals surface area contributed by atoms with Crippen LogP contribution in [-0.2, 0) is 16.0 Å². The fraction of sp³-hybridized carbons (Fsp3) is 0.273. The number of methoxy groups -OCH3 is 1. The molecule has 0 aliphatic carbocycles. The smallest absolute Gasteiger partial charge is 0.227 e. The molecule has 1 aliphatic heterocycles. The second-order valence-electron chi connectivity index (χ2n) is 7.15. The van der Waals surface area contributed by atoms with Gasteiger partial charge in [0.2, 0.25) is 11.8 Å². The highest BCUT2D eigenvalue weighted by molar-refractivity contribution is 6.30. The summed E-state index contributed by atoms with van der Waals surface area (Å²) in [6.07, 6.45) is 2.87. The van der Waals surface area contributed by atoms with Crippen molar-refractivity contribution in [3.05, 3.63) is 59.2 Å². The number of amides is 2. The molecule has 1 saturated heterocycles. The van der Waals surface area contributed by atoms with Crippen molar-refractivity contribution in [1.82, 2.24) is 10.3 Å². The summed E-state index contributed by atoms with van der Waals surface area (Å²) in [5, 5.41) is 4.68. The summed E-state index contributed by atoms with van der Waals surface area (Å²) in [6, 6.07) is 13.0. The number of rotatable bonds is 6. The Morgan fingerprint density at radius 3 is 2.83 bits per heavy atom. The number of ether oxygens (including phenoxy) is 1. The van der Waals surface area contributed by atoms with Crippen molar-refractivity contribution in [2.45, 2.75) is 12.8 Å². The fourth-order valence-corrected chi connectivity index (χ4v) is 3.84. The van der Waals surface area contributed by atoms with Gasteiger partial charge in [0.1, 0.15) is 5.75 Å². The molecular formula is C22H22ClN3O3. The number of hydrogen-bond donors (Lipinski definition) is 2. The van der Waals surface area contributed by atoms with E-state index >= 15 is 0 Å². The minimum atomic E-state index is -0.346. The molecule has 0 unspecified atom stereocenters. The van der Waals surface area contributed by atoms with E-state index in [0.29, 0.717) is 24.5 Å². The minimum absolute atomic E-state index is 0.0452. The predicted octanol–water partition coefficient (Wildman–Crippen LogP) is 3.54.